The number of rotatable bonds is 7. The van der Waals surface area contributed by atoms with E-state index in [2.05, 4.69) is 10.5 Å². The Morgan fingerprint density at radius 1 is 0.839 bits per heavy atom. The van der Waals surface area contributed by atoms with Gasteiger partial charge in [0.15, 0.2) is 0 Å². The molecule has 156 valence electrons. The monoisotopic (exact) mass is 420 g/mol. The van der Waals surface area contributed by atoms with Gasteiger partial charge in [-0.15, -0.1) is 0 Å². The molecule has 0 spiro atoms. The summed E-state index contributed by atoms with van der Waals surface area (Å²) in [6, 6.07) is 16.1. The molecule has 3 aromatic rings. The number of aromatic hydroxyl groups is 2. The van der Waals surface area contributed by atoms with Crippen LogP contribution in [0.5, 0.6) is 11.5 Å². The first-order chi connectivity index (χ1) is 14.8. The third kappa shape index (κ3) is 5.21. The summed E-state index contributed by atoms with van der Waals surface area (Å²) in [6.45, 7) is 0. The summed E-state index contributed by atoms with van der Waals surface area (Å²) in [7, 11) is 0. The quantitative estimate of drug-likeness (QED) is 0.290. The van der Waals surface area contributed by atoms with E-state index in [-0.39, 0.29) is 17.2 Å². The molecule has 0 fully saturated rings. The molecule has 0 atom stereocenters. The fourth-order valence-corrected chi connectivity index (χ4v) is 2.74. The molecule has 10 nitrogen and oxygen atoms in total. The first-order valence-corrected chi connectivity index (χ1v) is 8.86. The van der Waals surface area contributed by atoms with Crippen molar-refractivity contribution in [3.8, 4) is 11.5 Å². The van der Waals surface area contributed by atoms with Crippen molar-refractivity contribution in [2.75, 3.05) is 5.43 Å². The fraction of sp³-hybridized carbons (Fsp3) is 0. The Balaban J connectivity index is 1.90. The van der Waals surface area contributed by atoms with Gasteiger partial charge in [0.2, 0.25) is 0 Å². The van der Waals surface area contributed by atoms with Gasteiger partial charge >= 0.3 is 5.69 Å². The molecular weight excluding hydrogens is 404 g/mol. The molecule has 0 unspecified atom stereocenters. The number of nitro groups is 2. The first kappa shape index (κ1) is 21.0. The van der Waals surface area contributed by atoms with Crippen molar-refractivity contribution in [3.05, 3.63) is 104 Å². The number of hydrogen-bond donors (Lipinski definition) is 3. The predicted octanol–water partition coefficient (Wildman–Crippen LogP) is 4.44. The second-order valence-corrected chi connectivity index (χ2v) is 6.28. The molecule has 0 aliphatic heterocycles. The molecule has 0 heterocycles. The maximum atomic E-state index is 11.2. The zero-order valence-electron chi connectivity index (χ0n) is 15.9. The average molecular weight is 420 g/mol. The third-order valence-corrected chi connectivity index (χ3v) is 4.25. The molecule has 31 heavy (non-hydrogen) atoms. The van der Waals surface area contributed by atoms with Crippen LogP contribution in [0.4, 0.5) is 17.1 Å². The standard InChI is InChI=1S/C21H16N4O6/c26-17-6-1-14(2-7-17)19(15-3-8-18(27)9-4-15)11-12-22-23-20-10-5-16(24(28)29)13-21(20)25(30)31/h1-13,23,26-27H/b22-12+. The van der Waals surface area contributed by atoms with Crippen LogP contribution in [0.3, 0.4) is 0 Å². The highest BCUT2D eigenvalue weighted by Gasteiger charge is 2.19. The van der Waals surface area contributed by atoms with Crippen molar-refractivity contribution in [3.63, 3.8) is 0 Å². The van der Waals surface area contributed by atoms with Crippen molar-refractivity contribution in [2.24, 2.45) is 5.10 Å². The maximum Gasteiger partial charge on any atom is 0.301 e. The lowest BCUT2D eigenvalue weighted by atomic mass is 9.97. The predicted molar refractivity (Wildman–Crippen MR) is 115 cm³/mol. The first-order valence-electron chi connectivity index (χ1n) is 8.86. The summed E-state index contributed by atoms with van der Waals surface area (Å²) in [4.78, 5) is 20.6. The summed E-state index contributed by atoms with van der Waals surface area (Å²) in [5, 5.41) is 45.0. The van der Waals surface area contributed by atoms with Crippen LogP contribution in [0.25, 0.3) is 5.57 Å². The second-order valence-electron chi connectivity index (χ2n) is 6.28. The summed E-state index contributed by atoms with van der Waals surface area (Å²) in [6.07, 6.45) is 3.02. The highest BCUT2D eigenvalue weighted by Crippen LogP contribution is 2.29. The summed E-state index contributed by atoms with van der Waals surface area (Å²) < 4.78 is 0. The van der Waals surface area contributed by atoms with E-state index in [9.17, 15) is 30.4 Å². The van der Waals surface area contributed by atoms with Crippen LogP contribution in [0.2, 0.25) is 0 Å². The molecule has 10 heteroatoms. The van der Waals surface area contributed by atoms with E-state index >= 15 is 0 Å². The van der Waals surface area contributed by atoms with E-state index in [1.54, 1.807) is 30.3 Å². The van der Waals surface area contributed by atoms with Crippen LogP contribution in [0, 0.1) is 20.2 Å². The zero-order valence-corrected chi connectivity index (χ0v) is 15.9. The molecular formula is C21H16N4O6. The summed E-state index contributed by atoms with van der Waals surface area (Å²) in [5.41, 5.74) is 3.87. The summed E-state index contributed by atoms with van der Waals surface area (Å²) in [5.74, 6) is 0.212. The number of hydrazone groups is 1. The van der Waals surface area contributed by atoms with Gasteiger partial charge in [-0.1, -0.05) is 24.3 Å². The third-order valence-electron chi connectivity index (χ3n) is 4.25. The van der Waals surface area contributed by atoms with Crippen LogP contribution in [0.1, 0.15) is 11.1 Å². The van der Waals surface area contributed by atoms with Crippen LogP contribution in [0.15, 0.2) is 77.9 Å². The van der Waals surface area contributed by atoms with E-state index in [0.717, 1.165) is 23.3 Å². The Bertz CT molecular complexity index is 1120. The molecule has 0 amide bonds. The molecule has 3 aromatic carbocycles. The van der Waals surface area contributed by atoms with Crippen molar-refractivity contribution in [1.29, 1.82) is 0 Å². The fourth-order valence-electron chi connectivity index (χ4n) is 2.74. The van der Waals surface area contributed by atoms with E-state index in [1.165, 1.54) is 36.5 Å². The largest absolute Gasteiger partial charge is 0.508 e. The van der Waals surface area contributed by atoms with E-state index in [0.29, 0.717) is 5.57 Å². The Morgan fingerprint density at radius 3 is 1.87 bits per heavy atom. The topological polar surface area (TPSA) is 151 Å². The molecule has 0 saturated heterocycles. The number of phenols is 2. The lowest BCUT2D eigenvalue weighted by Gasteiger charge is -2.08. The Kier molecular flexibility index (Phi) is 6.21. The lowest BCUT2D eigenvalue weighted by Crippen LogP contribution is -1.98. The number of benzene rings is 3. The SMILES string of the molecule is O=[N+]([O-])c1ccc(N/N=C/C=C(c2ccc(O)cc2)c2ccc(O)cc2)c([N+](=O)[O-])c1. The smallest absolute Gasteiger partial charge is 0.301 e. The van der Waals surface area contributed by atoms with Crippen molar-refractivity contribution in [2.45, 2.75) is 0 Å². The number of nitro benzene ring substituents is 2. The molecule has 3 rings (SSSR count). The molecule has 0 aliphatic rings. The Labute approximate surface area is 175 Å². The molecule has 0 aliphatic carbocycles. The number of nitrogens with one attached hydrogen (secondary N) is 1. The number of anilines is 1. The van der Waals surface area contributed by atoms with Gasteiger partial charge in [0, 0.05) is 12.3 Å². The summed E-state index contributed by atoms with van der Waals surface area (Å²) >= 11 is 0. The van der Waals surface area contributed by atoms with Gasteiger partial charge in [-0.05, 0) is 53.1 Å². The normalized spacial score (nSPS) is 10.6. The number of phenolic OH excluding ortho intramolecular Hbond substituents is 2. The van der Waals surface area contributed by atoms with Crippen LogP contribution >= 0.6 is 0 Å². The lowest BCUT2D eigenvalue weighted by molar-refractivity contribution is -0.393. The van der Waals surface area contributed by atoms with Gasteiger partial charge < -0.3 is 10.2 Å². The number of non-ortho nitro benzene ring substituents is 1. The van der Waals surface area contributed by atoms with Gasteiger partial charge in [0.25, 0.3) is 5.69 Å². The zero-order chi connectivity index (χ0) is 22.4. The van der Waals surface area contributed by atoms with Crippen molar-refractivity contribution >= 4 is 28.8 Å². The van der Waals surface area contributed by atoms with Gasteiger partial charge in [0.05, 0.1) is 15.9 Å². The maximum absolute atomic E-state index is 11.2. The van der Waals surface area contributed by atoms with E-state index in [4.69, 9.17) is 0 Å². The number of hydrogen-bond acceptors (Lipinski definition) is 8. The van der Waals surface area contributed by atoms with Crippen molar-refractivity contribution < 1.29 is 20.1 Å². The highest BCUT2D eigenvalue weighted by molar-refractivity contribution is 5.92. The molecule has 3 N–H and O–H groups in total. The van der Waals surface area contributed by atoms with Gasteiger partial charge in [-0.2, -0.15) is 5.10 Å². The van der Waals surface area contributed by atoms with Gasteiger partial charge in [-0.25, -0.2) is 0 Å². The van der Waals surface area contributed by atoms with Gasteiger partial charge in [0.1, 0.15) is 17.2 Å². The minimum absolute atomic E-state index is 0.00364. The van der Waals surface area contributed by atoms with Crippen LogP contribution in [-0.4, -0.2) is 26.3 Å². The minimum Gasteiger partial charge on any atom is -0.508 e. The van der Waals surface area contributed by atoms with E-state index < -0.39 is 21.2 Å². The average Bonchev–Trinajstić information content (AvgIpc) is 2.75. The Hall–Kier alpha value is -4.73. The molecule has 0 aromatic heterocycles. The Morgan fingerprint density at radius 2 is 1.39 bits per heavy atom. The molecule has 0 bridgehead atoms. The van der Waals surface area contributed by atoms with Gasteiger partial charge in [-0.3, -0.25) is 25.7 Å². The van der Waals surface area contributed by atoms with E-state index in [1.807, 2.05) is 0 Å². The molecule has 0 saturated carbocycles. The molecule has 0 radical (unpaired) electrons. The number of allylic oxidation sites excluding steroid dienone is 1. The number of nitrogens with zero attached hydrogens (tertiary/aromatic N) is 3. The highest BCUT2D eigenvalue weighted by atomic mass is 16.6. The van der Waals surface area contributed by atoms with Crippen molar-refractivity contribution in [1.82, 2.24) is 0 Å². The van der Waals surface area contributed by atoms with Crippen LogP contribution in [-0.2, 0) is 0 Å². The second kappa shape index (κ2) is 9.18. The minimum atomic E-state index is -0.737. The van der Waals surface area contributed by atoms with Crippen LogP contribution < -0.4 is 5.43 Å².